The molecule has 1 saturated heterocycles. The number of rotatable bonds is 3. The van der Waals surface area contributed by atoms with Crippen LogP contribution in [0, 0.1) is 5.92 Å². The lowest BCUT2D eigenvalue weighted by molar-refractivity contribution is -0.134. The zero-order chi connectivity index (χ0) is 13.1. The summed E-state index contributed by atoms with van der Waals surface area (Å²) in [4.78, 5) is 17.7. The van der Waals surface area contributed by atoms with Gasteiger partial charge in [-0.05, 0) is 30.0 Å². The van der Waals surface area contributed by atoms with E-state index in [0.29, 0.717) is 11.5 Å². The zero-order valence-corrected chi connectivity index (χ0v) is 10.5. The molecule has 0 spiro atoms. The lowest BCUT2D eigenvalue weighted by Crippen LogP contribution is -2.46. The van der Waals surface area contributed by atoms with Crippen LogP contribution in [0.15, 0.2) is 24.5 Å². The predicted octanol–water partition coefficient (Wildman–Crippen LogP) is 0.311. The molecular weight excluding hydrogens is 230 g/mol. The lowest BCUT2D eigenvalue weighted by Gasteiger charge is -2.24. The van der Waals surface area contributed by atoms with Crippen molar-refractivity contribution in [1.82, 2.24) is 9.88 Å². The van der Waals surface area contributed by atoms with Gasteiger partial charge in [0.2, 0.25) is 5.91 Å². The number of nitrogens with zero attached hydrogens (tertiary/aromatic N) is 2. The van der Waals surface area contributed by atoms with Crippen LogP contribution in [0.4, 0.5) is 0 Å². The van der Waals surface area contributed by atoms with Crippen molar-refractivity contribution in [3.05, 3.63) is 30.1 Å². The number of aromatic nitrogens is 1. The number of carbonyl (C=O) groups is 1. The van der Waals surface area contributed by atoms with Crippen molar-refractivity contribution in [3.8, 4) is 0 Å². The van der Waals surface area contributed by atoms with Crippen LogP contribution >= 0.6 is 0 Å². The second-order valence-corrected chi connectivity index (χ2v) is 4.93. The van der Waals surface area contributed by atoms with Gasteiger partial charge in [-0.3, -0.25) is 9.78 Å². The van der Waals surface area contributed by atoms with Gasteiger partial charge in [-0.2, -0.15) is 0 Å². The summed E-state index contributed by atoms with van der Waals surface area (Å²) >= 11 is 0. The predicted molar refractivity (Wildman–Crippen MR) is 67.5 cm³/mol. The summed E-state index contributed by atoms with van der Waals surface area (Å²) in [6, 6.07) is 2.44. The fourth-order valence-electron chi connectivity index (χ4n) is 2.25. The number of nitrogens with two attached hydrogens (primary N) is 1. The second kappa shape index (κ2) is 5.46. The van der Waals surface area contributed by atoms with E-state index >= 15 is 0 Å². The molecule has 0 radical (unpaired) electrons. The highest BCUT2D eigenvalue weighted by molar-refractivity contribution is 5.82. The highest BCUT2D eigenvalue weighted by atomic mass is 16.3. The standard InChI is InChI=1S/C13H19N3O2/c1-9-4-7-16(8-9)13(18)11(14)12(17)10-2-5-15-6-3-10/h2-3,5-6,9,11-12,17H,4,7-8,14H2,1H3/t9-,11+,12-/m0/s1. The maximum Gasteiger partial charge on any atom is 0.242 e. The average molecular weight is 249 g/mol. The number of pyridine rings is 1. The van der Waals surface area contributed by atoms with Gasteiger partial charge in [0.1, 0.15) is 12.1 Å². The minimum absolute atomic E-state index is 0.177. The topological polar surface area (TPSA) is 79.5 Å². The number of carbonyl (C=O) groups excluding carboxylic acids is 1. The van der Waals surface area contributed by atoms with Crippen LogP contribution in [-0.4, -0.2) is 40.0 Å². The van der Waals surface area contributed by atoms with Gasteiger partial charge in [-0.1, -0.05) is 6.92 Å². The number of aliphatic hydroxyl groups excluding tert-OH is 1. The molecular formula is C13H19N3O2. The maximum atomic E-state index is 12.1. The molecule has 98 valence electrons. The van der Waals surface area contributed by atoms with Crippen LogP contribution in [0.2, 0.25) is 0 Å². The molecule has 0 unspecified atom stereocenters. The van der Waals surface area contributed by atoms with Gasteiger partial charge in [-0.15, -0.1) is 0 Å². The third-order valence-corrected chi connectivity index (χ3v) is 3.41. The smallest absolute Gasteiger partial charge is 0.242 e. The number of likely N-dealkylation sites (tertiary alicyclic amines) is 1. The molecule has 0 aliphatic carbocycles. The molecule has 2 heterocycles. The van der Waals surface area contributed by atoms with Gasteiger partial charge >= 0.3 is 0 Å². The summed E-state index contributed by atoms with van der Waals surface area (Å²) in [5, 5.41) is 10.1. The Balaban J connectivity index is 2.02. The minimum atomic E-state index is -0.976. The van der Waals surface area contributed by atoms with Crippen molar-refractivity contribution in [2.75, 3.05) is 13.1 Å². The normalized spacial score (nSPS) is 22.8. The third kappa shape index (κ3) is 2.68. The van der Waals surface area contributed by atoms with Gasteiger partial charge in [0, 0.05) is 25.5 Å². The van der Waals surface area contributed by atoms with Gasteiger partial charge in [0.15, 0.2) is 0 Å². The molecule has 1 amide bonds. The molecule has 1 aliphatic rings. The summed E-state index contributed by atoms with van der Waals surface area (Å²) in [5.74, 6) is 0.336. The number of hydrogen-bond donors (Lipinski definition) is 2. The molecule has 1 aromatic rings. The fraction of sp³-hybridized carbons (Fsp3) is 0.538. The van der Waals surface area contributed by atoms with E-state index in [-0.39, 0.29) is 5.91 Å². The second-order valence-electron chi connectivity index (χ2n) is 4.93. The van der Waals surface area contributed by atoms with Crippen LogP contribution in [0.3, 0.4) is 0 Å². The van der Waals surface area contributed by atoms with E-state index in [4.69, 9.17) is 5.73 Å². The number of hydrogen-bond acceptors (Lipinski definition) is 4. The molecule has 1 aliphatic heterocycles. The molecule has 5 heteroatoms. The van der Waals surface area contributed by atoms with Crippen molar-refractivity contribution >= 4 is 5.91 Å². The zero-order valence-electron chi connectivity index (χ0n) is 10.5. The van der Waals surface area contributed by atoms with Crippen LogP contribution in [0.25, 0.3) is 0 Å². The minimum Gasteiger partial charge on any atom is -0.386 e. The molecule has 2 rings (SSSR count). The van der Waals surface area contributed by atoms with Crippen LogP contribution in [0.1, 0.15) is 25.0 Å². The third-order valence-electron chi connectivity index (χ3n) is 3.41. The van der Waals surface area contributed by atoms with E-state index in [2.05, 4.69) is 11.9 Å². The molecule has 1 aromatic heterocycles. The van der Waals surface area contributed by atoms with Gasteiger partial charge in [0.25, 0.3) is 0 Å². The SMILES string of the molecule is C[C@H]1CCN(C(=O)[C@H](N)[C@@H](O)c2ccncc2)C1. The molecule has 1 fully saturated rings. The molecule has 0 aromatic carbocycles. The van der Waals surface area contributed by atoms with E-state index in [9.17, 15) is 9.90 Å². The maximum absolute atomic E-state index is 12.1. The summed E-state index contributed by atoms with van der Waals surface area (Å²) in [5.41, 5.74) is 6.48. The Kier molecular flexibility index (Phi) is 3.93. The lowest BCUT2D eigenvalue weighted by atomic mass is 10.0. The van der Waals surface area contributed by atoms with E-state index < -0.39 is 12.1 Å². The molecule has 18 heavy (non-hydrogen) atoms. The molecule has 3 atom stereocenters. The first-order valence-corrected chi connectivity index (χ1v) is 6.22. The van der Waals surface area contributed by atoms with E-state index in [1.807, 2.05) is 0 Å². The summed E-state index contributed by atoms with van der Waals surface area (Å²) in [6.45, 7) is 3.57. The van der Waals surface area contributed by atoms with Crippen LogP contribution < -0.4 is 5.73 Å². The molecule has 0 saturated carbocycles. The van der Waals surface area contributed by atoms with Crippen LogP contribution in [0.5, 0.6) is 0 Å². The average Bonchev–Trinajstić information content (AvgIpc) is 2.84. The highest BCUT2D eigenvalue weighted by Crippen LogP contribution is 2.20. The van der Waals surface area contributed by atoms with E-state index in [1.165, 1.54) is 0 Å². The van der Waals surface area contributed by atoms with Crippen molar-refractivity contribution in [2.45, 2.75) is 25.5 Å². The fourth-order valence-corrected chi connectivity index (χ4v) is 2.25. The first-order valence-electron chi connectivity index (χ1n) is 6.22. The Morgan fingerprint density at radius 1 is 1.56 bits per heavy atom. The largest absolute Gasteiger partial charge is 0.386 e. The first-order chi connectivity index (χ1) is 8.59. The Bertz CT molecular complexity index is 410. The summed E-state index contributed by atoms with van der Waals surface area (Å²) < 4.78 is 0. The Morgan fingerprint density at radius 3 is 2.78 bits per heavy atom. The quantitative estimate of drug-likeness (QED) is 0.808. The van der Waals surface area contributed by atoms with E-state index in [1.54, 1.807) is 29.4 Å². The van der Waals surface area contributed by atoms with Crippen molar-refractivity contribution < 1.29 is 9.90 Å². The summed E-state index contributed by atoms with van der Waals surface area (Å²) in [6.07, 6.45) is 3.18. The Hall–Kier alpha value is -1.46. The first kappa shape index (κ1) is 13.0. The summed E-state index contributed by atoms with van der Waals surface area (Å²) in [7, 11) is 0. The van der Waals surface area contributed by atoms with Crippen molar-refractivity contribution in [3.63, 3.8) is 0 Å². The van der Waals surface area contributed by atoms with Crippen LogP contribution in [-0.2, 0) is 4.79 Å². The Labute approximate surface area is 107 Å². The molecule has 5 nitrogen and oxygen atoms in total. The van der Waals surface area contributed by atoms with Crippen molar-refractivity contribution in [1.29, 1.82) is 0 Å². The van der Waals surface area contributed by atoms with Gasteiger partial charge in [0.05, 0.1) is 0 Å². The van der Waals surface area contributed by atoms with Gasteiger partial charge in [-0.25, -0.2) is 0 Å². The molecule has 0 bridgehead atoms. The molecule has 3 N–H and O–H groups in total. The monoisotopic (exact) mass is 249 g/mol. The van der Waals surface area contributed by atoms with Gasteiger partial charge < -0.3 is 15.7 Å². The number of amides is 1. The Morgan fingerprint density at radius 2 is 2.22 bits per heavy atom. The van der Waals surface area contributed by atoms with E-state index in [0.717, 1.165) is 19.5 Å². The highest BCUT2D eigenvalue weighted by Gasteiger charge is 2.31. The number of aliphatic hydroxyl groups is 1. The van der Waals surface area contributed by atoms with Crippen molar-refractivity contribution in [2.24, 2.45) is 11.7 Å².